The van der Waals surface area contributed by atoms with Crippen molar-refractivity contribution in [1.29, 1.82) is 0 Å². The molecule has 1 aliphatic rings. The van der Waals surface area contributed by atoms with E-state index in [-0.39, 0.29) is 0 Å². The Balaban J connectivity index is 2.66. The summed E-state index contributed by atoms with van der Waals surface area (Å²) in [6.45, 7) is 17.9. The first-order chi connectivity index (χ1) is 9.51. The molecule has 0 aromatic heterocycles. The van der Waals surface area contributed by atoms with E-state index in [0.29, 0.717) is 6.04 Å². The van der Waals surface area contributed by atoms with Crippen molar-refractivity contribution < 1.29 is 0 Å². The molecule has 0 aromatic rings. The fourth-order valence-corrected chi connectivity index (χ4v) is 3.43. The van der Waals surface area contributed by atoms with Crippen LogP contribution in [0.15, 0.2) is 0 Å². The summed E-state index contributed by atoms with van der Waals surface area (Å²) in [7, 11) is 0. The lowest BCUT2D eigenvalue weighted by Gasteiger charge is -2.44. The zero-order valence-corrected chi connectivity index (χ0v) is 14.8. The van der Waals surface area contributed by atoms with Crippen LogP contribution in [0.5, 0.6) is 0 Å². The Kier molecular flexibility index (Phi) is 8.13. The van der Waals surface area contributed by atoms with Gasteiger partial charge in [-0.2, -0.15) is 0 Å². The fraction of sp³-hybridized carbons (Fsp3) is 1.00. The largest absolute Gasteiger partial charge is 0.311 e. The van der Waals surface area contributed by atoms with E-state index in [4.69, 9.17) is 0 Å². The molecule has 0 bridgehead atoms. The van der Waals surface area contributed by atoms with Gasteiger partial charge in [0.25, 0.3) is 0 Å². The minimum absolute atomic E-state index is 0.692. The summed E-state index contributed by atoms with van der Waals surface area (Å²) in [5.74, 6) is 2.46. The Morgan fingerprint density at radius 3 is 2.20 bits per heavy atom. The van der Waals surface area contributed by atoms with E-state index >= 15 is 0 Å². The highest BCUT2D eigenvalue weighted by Gasteiger charge is 2.31. The predicted molar refractivity (Wildman–Crippen MR) is 90.1 cm³/mol. The number of nitrogens with one attached hydrogen (secondary N) is 1. The second kappa shape index (κ2) is 9.04. The van der Waals surface area contributed by atoms with Crippen molar-refractivity contribution in [3.05, 3.63) is 0 Å². The van der Waals surface area contributed by atoms with Gasteiger partial charge in [0.2, 0.25) is 0 Å². The number of rotatable bonds is 8. The van der Waals surface area contributed by atoms with Crippen LogP contribution in [0.4, 0.5) is 0 Å². The van der Waals surface area contributed by atoms with E-state index in [1.807, 2.05) is 0 Å². The van der Waals surface area contributed by atoms with Crippen LogP contribution in [0.3, 0.4) is 0 Å². The summed E-state index contributed by atoms with van der Waals surface area (Å²) in [5.41, 5.74) is 0. The van der Waals surface area contributed by atoms with Gasteiger partial charge < -0.3 is 5.32 Å². The molecule has 1 fully saturated rings. The second-order valence-corrected chi connectivity index (χ2v) is 7.32. The summed E-state index contributed by atoms with van der Waals surface area (Å²) >= 11 is 0. The summed E-state index contributed by atoms with van der Waals surface area (Å²) in [4.78, 5) is 2.81. The van der Waals surface area contributed by atoms with Crippen LogP contribution in [-0.4, -0.2) is 36.6 Å². The van der Waals surface area contributed by atoms with Crippen molar-refractivity contribution in [2.45, 2.75) is 79.3 Å². The van der Waals surface area contributed by atoms with Gasteiger partial charge in [-0.15, -0.1) is 0 Å². The van der Waals surface area contributed by atoms with E-state index in [9.17, 15) is 0 Å². The molecule has 2 nitrogen and oxygen atoms in total. The Bertz CT molecular complexity index is 248. The van der Waals surface area contributed by atoms with Gasteiger partial charge in [0.05, 0.1) is 0 Å². The molecule has 0 aliphatic carbocycles. The number of hydrogen-bond acceptors (Lipinski definition) is 2. The molecule has 1 saturated heterocycles. The lowest BCUT2D eigenvalue weighted by atomic mass is 9.91. The van der Waals surface area contributed by atoms with E-state index in [0.717, 1.165) is 23.8 Å². The summed E-state index contributed by atoms with van der Waals surface area (Å²) < 4.78 is 0. The lowest BCUT2D eigenvalue weighted by molar-refractivity contribution is 0.0784. The van der Waals surface area contributed by atoms with E-state index < -0.39 is 0 Å². The van der Waals surface area contributed by atoms with Crippen LogP contribution in [0, 0.1) is 17.8 Å². The number of nitrogens with zero attached hydrogens (tertiary/aromatic N) is 1. The second-order valence-electron chi connectivity index (χ2n) is 7.32. The number of piperazine rings is 1. The molecule has 1 aliphatic heterocycles. The van der Waals surface area contributed by atoms with Gasteiger partial charge in [0.1, 0.15) is 0 Å². The van der Waals surface area contributed by atoms with Crippen molar-refractivity contribution in [3.8, 4) is 0 Å². The van der Waals surface area contributed by atoms with Gasteiger partial charge in [0, 0.05) is 31.7 Å². The van der Waals surface area contributed by atoms with Crippen LogP contribution >= 0.6 is 0 Å². The predicted octanol–water partition coefficient (Wildman–Crippen LogP) is 4.16. The third-order valence-corrected chi connectivity index (χ3v) is 5.28. The van der Waals surface area contributed by atoms with Gasteiger partial charge >= 0.3 is 0 Å². The molecule has 120 valence electrons. The first-order valence-corrected chi connectivity index (χ1v) is 8.99. The summed E-state index contributed by atoms with van der Waals surface area (Å²) in [6.07, 6.45) is 5.26. The minimum Gasteiger partial charge on any atom is -0.311 e. The van der Waals surface area contributed by atoms with Gasteiger partial charge in [0.15, 0.2) is 0 Å². The molecule has 0 radical (unpaired) electrons. The Morgan fingerprint density at radius 2 is 1.70 bits per heavy atom. The first kappa shape index (κ1) is 18.0. The summed E-state index contributed by atoms with van der Waals surface area (Å²) in [6, 6.07) is 1.44. The fourth-order valence-electron chi connectivity index (χ4n) is 3.43. The van der Waals surface area contributed by atoms with Crippen LogP contribution in [0.25, 0.3) is 0 Å². The van der Waals surface area contributed by atoms with Crippen LogP contribution in [0.1, 0.15) is 67.2 Å². The first-order valence-electron chi connectivity index (χ1n) is 8.99. The molecule has 2 heteroatoms. The molecule has 3 unspecified atom stereocenters. The molecule has 0 spiro atoms. The standard InChI is InChI=1S/C18H38N2/c1-7-15(6)18-13-20(12-16(8-2)9-3)17(11-19-18)10-14(4)5/h14-19H,7-13H2,1-6H3. The maximum Gasteiger partial charge on any atom is 0.0223 e. The Labute approximate surface area is 127 Å². The van der Waals surface area contributed by atoms with Crippen molar-refractivity contribution in [2.24, 2.45) is 17.8 Å². The highest BCUT2D eigenvalue weighted by atomic mass is 15.2. The smallest absolute Gasteiger partial charge is 0.0223 e. The van der Waals surface area contributed by atoms with Gasteiger partial charge in [-0.25, -0.2) is 0 Å². The third kappa shape index (κ3) is 5.37. The van der Waals surface area contributed by atoms with Crippen molar-refractivity contribution in [1.82, 2.24) is 10.2 Å². The molecule has 20 heavy (non-hydrogen) atoms. The average Bonchev–Trinajstić information content (AvgIpc) is 2.44. The van der Waals surface area contributed by atoms with Crippen LogP contribution in [-0.2, 0) is 0 Å². The molecular formula is C18H38N2. The van der Waals surface area contributed by atoms with E-state index in [1.165, 1.54) is 45.3 Å². The average molecular weight is 283 g/mol. The molecule has 1 heterocycles. The third-order valence-electron chi connectivity index (χ3n) is 5.28. The van der Waals surface area contributed by atoms with Gasteiger partial charge in [-0.1, -0.05) is 60.8 Å². The van der Waals surface area contributed by atoms with Crippen molar-refractivity contribution in [3.63, 3.8) is 0 Å². The minimum atomic E-state index is 0.692. The molecular weight excluding hydrogens is 244 g/mol. The van der Waals surface area contributed by atoms with Crippen molar-refractivity contribution in [2.75, 3.05) is 19.6 Å². The lowest BCUT2D eigenvalue weighted by Crippen LogP contribution is -2.59. The quantitative estimate of drug-likeness (QED) is 0.719. The Morgan fingerprint density at radius 1 is 1.05 bits per heavy atom. The molecule has 0 saturated carbocycles. The highest BCUT2D eigenvalue weighted by molar-refractivity contribution is 4.89. The van der Waals surface area contributed by atoms with Crippen LogP contribution in [0.2, 0.25) is 0 Å². The molecule has 0 amide bonds. The van der Waals surface area contributed by atoms with E-state index in [1.54, 1.807) is 0 Å². The molecule has 1 N–H and O–H groups in total. The SMILES string of the molecule is CCC(CC)CN1CC(C(C)CC)NCC1CC(C)C. The normalized spacial score (nSPS) is 26.4. The highest BCUT2D eigenvalue weighted by Crippen LogP contribution is 2.22. The van der Waals surface area contributed by atoms with Gasteiger partial charge in [-0.05, 0) is 24.2 Å². The maximum atomic E-state index is 3.82. The van der Waals surface area contributed by atoms with Gasteiger partial charge in [-0.3, -0.25) is 4.90 Å². The summed E-state index contributed by atoms with van der Waals surface area (Å²) in [5, 5.41) is 3.82. The van der Waals surface area contributed by atoms with E-state index in [2.05, 4.69) is 51.8 Å². The zero-order chi connectivity index (χ0) is 15.1. The van der Waals surface area contributed by atoms with Crippen molar-refractivity contribution >= 4 is 0 Å². The maximum absolute atomic E-state index is 3.82. The van der Waals surface area contributed by atoms with Crippen LogP contribution < -0.4 is 5.32 Å². The zero-order valence-electron chi connectivity index (χ0n) is 14.8. The Hall–Kier alpha value is -0.0800. The number of hydrogen-bond donors (Lipinski definition) is 1. The molecule has 3 atom stereocenters. The monoisotopic (exact) mass is 282 g/mol. The molecule has 0 aromatic carbocycles. The topological polar surface area (TPSA) is 15.3 Å². The molecule has 1 rings (SSSR count).